The molecule has 1 unspecified atom stereocenters. The summed E-state index contributed by atoms with van der Waals surface area (Å²) in [6.45, 7) is 5.45. The van der Waals surface area contributed by atoms with Crippen molar-refractivity contribution in [3.63, 3.8) is 0 Å². The van der Waals surface area contributed by atoms with Gasteiger partial charge in [0.15, 0.2) is 6.61 Å². The minimum Gasteiger partial charge on any atom is -0.483 e. The van der Waals surface area contributed by atoms with Gasteiger partial charge in [-0.05, 0) is 44.7 Å². The number of carbonyl (C=O) groups excluding carboxylic acids is 4. The van der Waals surface area contributed by atoms with E-state index in [1.165, 1.54) is 15.9 Å². The minimum absolute atomic E-state index is 0.0333. The molecule has 2 aromatic rings. The van der Waals surface area contributed by atoms with Crippen molar-refractivity contribution in [2.24, 2.45) is 0 Å². The number of aliphatic carboxylic acids is 1. The summed E-state index contributed by atoms with van der Waals surface area (Å²) in [5.41, 5.74) is 0.433. The Morgan fingerprint density at radius 2 is 1.77 bits per heavy atom. The van der Waals surface area contributed by atoms with Crippen LogP contribution in [0, 0.1) is 0 Å². The zero-order valence-corrected chi connectivity index (χ0v) is 24.6. The monoisotopic (exact) mass is 597 g/mol. The molecule has 2 aliphatic heterocycles. The molecule has 2 N–H and O–H groups in total. The fraction of sp³-hybridized carbons (Fsp3) is 0.533. The summed E-state index contributed by atoms with van der Waals surface area (Å²) in [5, 5.41) is 12.6. The number of amides is 4. The molecule has 1 aromatic heterocycles. The molecule has 13 nitrogen and oxygen atoms in total. The number of likely N-dealkylation sites (tertiary alicyclic amines) is 1. The van der Waals surface area contributed by atoms with Crippen molar-refractivity contribution in [2.45, 2.75) is 58.0 Å². The number of benzene rings is 1. The number of para-hydroxylation sites is 1. The van der Waals surface area contributed by atoms with Gasteiger partial charge in [0.05, 0.1) is 12.1 Å². The van der Waals surface area contributed by atoms with Crippen LogP contribution in [0.5, 0.6) is 5.75 Å². The second-order valence-electron chi connectivity index (χ2n) is 10.6. The van der Waals surface area contributed by atoms with E-state index < -0.39 is 29.9 Å². The van der Waals surface area contributed by atoms with Crippen LogP contribution in [-0.2, 0) is 19.1 Å². The zero-order valence-electron chi connectivity index (χ0n) is 24.6. The Morgan fingerprint density at radius 1 is 1.05 bits per heavy atom. The lowest BCUT2D eigenvalue weighted by atomic mass is 10.1. The van der Waals surface area contributed by atoms with Crippen molar-refractivity contribution in [3.05, 3.63) is 36.0 Å². The molecule has 0 bridgehead atoms. The van der Waals surface area contributed by atoms with Gasteiger partial charge in [-0.25, -0.2) is 9.78 Å². The quantitative estimate of drug-likeness (QED) is 0.396. The predicted molar refractivity (Wildman–Crippen MR) is 156 cm³/mol. The normalized spacial score (nSPS) is 17.4. The first-order chi connectivity index (χ1) is 20.7. The third-order valence-electron chi connectivity index (χ3n) is 7.80. The lowest BCUT2D eigenvalue weighted by molar-refractivity contribution is -0.138. The van der Waals surface area contributed by atoms with Gasteiger partial charge in [-0.2, -0.15) is 0 Å². The van der Waals surface area contributed by atoms with E-state index in [1.807, 2.05) is 4.90 Å². The number of hydrogen-bond acceptors (Lipinski definition) is 8. The second kappa shape index (κ2) is 14.7. The maximum Gasteiger partial charge on any atom is 0.409 e. The number of aromatic nitrogens is 1. The fourth-order valence-electron chi connectivity index (χ4n) is 5.49. The zero-order chi connectivity index (χ0) is 30.9. The van der Waals surface area contributed by atoms with Crippen molar-refractivity contribution in [1.82, 2.24) is 25.0 Å². The van der Waals surface area contributed by atoms with Crippen LogP contribution < -0.4 is 10.1 Å². The number of carboxylic acids is 1. The average molecular weight is 598 g/mol. The molecule has 1 aromatic carbocycles. The number of piperazine rings is 1. The molecule has 3 heterocycles. The topological polar surface area (TPSA) is 159 Å². The third-order valence-corrected chi connectivity index (χ3v) is 7.80. The Morgan fingerprint density at radius 3 is 2.47 bits per heavy atom. The Balaban J connectivity index is 1.49. The van der Waals surface area contributed by atoms with Crippen LogP contribution in [0.4, 0.5) is 4.79 Å². The minimum atomic E-state index is -1.13. The highest BCUT2D eigenvalue weighted by Crippen LogP contribution is 2.27. The highest BCUT2D eigenvalue weighted by Gasteiger charge is 2.32. The third kappa shape index (κ3) is 7.90. The Labute approximate surface area is 250 Å². The first-order valence-corrected chi connectivity index (χ1v) is 14.8. The number of pyridine rings is 1. The van der Waals surface area contributed by atoms with Gasteiger partial charge < -0.3 is 34.6 Å². The Bertz CT molecular complexity index is 1340. The van der Waals surface area contributed by atoms with Gasteiger partial charge in [0.2, 0.25) is 5.91 Å². The van der Waals surface area contributed by atoms with E-state index >= 15 is 0 Å². The van der Waals surface area contributed by atoms with E-state index in [1.54, 1.807) is 31.2 Å². The largest absolute Gasteiger partial charge is 0.483 e. The summed E-state index contributed by atoms with van der Waals surface area (Å²) < 4.78 is 11.0. The summed E-state index contributed by atoms with van der Waals surface area (Å²) in [4.78, 5) is 72.4. The smallest absolute Gasteiger partial charge is 0.409 e. The number of hydrogen-bond donors (Lipinski definition) is 2. The maximum atomic E-state index is 13.4. The van der Waals surface area contributed by atoms with E-state index in [0.717, 1.165) is 19.3 Å². The first kappa shape index (κ1) is 31.5. The number of nitrogens with zero attached hydrogens (tertiary/aromatic N) is 4. The Kier molecular flexibility index (Phi) is 10.7. The van der Waals surface area contributed by atoms with E-state index in [9.17, 15) is 29.1 Å². The van der Waals surface area contributed by atoms with Crippen LogP contribution in [0.2, 0.25) is 0 Å². The number of rotatable bonds is 11. The number of carboxylic acid groups (broad SMARTS) is 1. The van der Waals surface area contributed by atoms with Crippen molar-refractivity contribution in [1.29, 1.82) is 0 Å². The molecule has 4 rings (SSSR count). The molecule has 2 atom stereocenters. The van der Waals surface area contributed by atoms with Gasteiger partial charge in [-0.1, -0.05) is 19.1 Å². The maximum absolute atomic E-state index is 13.4. The van der Waals surface area contributed by atoms with Crippen LogP contribution in [0.25, 0.3) is 10.9 Å². The SMILES string of the molecule is CCOC(=O)N1CCN(C(=O)C(CCC(=O)O)NC(=O)c2cc(OCC(=O)N3CCC[C@@H]3CC)c3ccccc3n2)CC1. The molecule has 0 aliphatic carbocycles. The van der Waals surface area contributed by atoms with E-state index in [2.05, 4.69) is 17.2 Å². The molecule has 232 valence electrons. The molecule has 0 radical (unpaired) electrons. The van der Waals surface area contributed by atoms with E-state index in [-0.39, 0.29) is 69.9 Å². The molecule has 0 saturated carbocycles. The van der Waals surface area contributed by atoms with Crippen molar-refractivity contribution >= 4 is 40.7 Å². The standard InChI is InChI=1S/C30H39N5O8/c1-3-20-8-7-13-35(20)26(36)19-43-25-18-24(31-22-10-6-5-9-21(22)25)28(39)32-23(11-12-27(37)38)29(40)33-14-16-34(17-15-33)30(41)42-4-2/h5-6,9-10,18,20,23H,3-4,7-8,11-17,19H2,1-2H3,(H,32,39)(H,37,38)/t20-,23?/m0/s1. The molecule has 4 amide bonds. The lowest BCUT2D eigenvalue weighted by Gasteiger charge is -2.35. The van der Waals surface area contributed by atoms with Gasteiger partial charge >= 0.3 is 12.1 Å². The fourth-order valence-corrected chi connectivity index (χ4v) is 5.49. The highest BCUT2D eigenvalue weighted by molar-refractivity contribution is 5.99. The van der Waals surface area contributed by atoms with E-state index in [4.69, 9.17) is 9.47 Å². The molecule has 2 aliphatic rings. The van der Waals surface area contributed by atoms with Crippen molar-refractivity contribution in [2.75, 3.05) is 45.9 Å². The van der Waals surface area contributed by atoms with E-state index in [0.29, 0.717) is 23.2 Å². The van der Waals surface area contributed by atoms with Gasteiger partial charge in [-0.15, -0.1) is 0 Å². The van der Waals surface area contributed by atoms with Crippen LogP contribution in [-0.4, -0.2) is 113 Å². The predicted octanol–water partition coefficient (Wildman–Crippen LogP) is 2.28. The average Bonchev–Trinajstić information content (AvgIpc) is 3.50. The molecule has 13 heteroatoms. The van der Waals surface area contributed by atoms with Crippen LogP contribution in [0.3, 0.4) is 0 Å². The summed E-state index contributed by atoms with van der Waals surface area (Å²) >= 11 is 0. The molecule has 2 saturated heterocycles. The first-order valence-electron chi connectivity index (χ1n) is 14.8. The van der Waals surface area contributed by atoms with Crippen LogP contribution in [0.1, 0.15) is 56.4 Å². The summed E-state index contributed by atoms with van der Waals surface area (Å²) in [6.07, 6.45) is 1.87. The molecule has 43 heavy (non-hydrogen) atoms. The van der Waals surface area contributed by atoms with Gasteiger partial charge in [0, 0.05) is 56.6 Å². The number of fused-ring (bicyclic) bond motifs is 1. The lowest BCUT2D eigenvalue weighted by Crippen LogP contribution is -2.56. The number of nitrogens with one attached hydrogen (secondary N) is 1. The van der Waals surface area contributed by atoms with Gasteiger partial charge in [0.1, 0.15) is 17.5 Å². The van der Waals surface area contributed by atoms with Crippen LogP contribution in [0.15, 0.2) is 30.3 Å². The molecular weight excluding hydrogens is 558 g/mol. The van der Waals surface area contributed by atoms with Gasteiger partial charge in [-0.3, -0.25) is 19.2 Å². The summed E-state index contributed by atoms with van der Waals surface area (Å²) in [6, 6.07) is 7.56. The van der Waals surface area contributed by atoms with Crippen molar-refractivity contribution in [3.8, 4) is 5.75 Å². The number of ether oxygens (including phenoxy) is 2. The van der Waals surface area contributed by atoms with Gasteiger partial charge in [0.25, 0.3) is 11.8 Å². The number of carbonyl (C=O) groups is 5. The molecular formula is C30H39N5O8. The summed E-state index contributed by atoms with van der Waals surface area (Å²) in [7, 11) is 0. The van der Waals surface area contributed by atoms with Crippen LogP contribution >= 0.6 is 0 Å². The Hall–Kier alpha value is -4.42. The summed E-state index contributed by atoms with van der Waals surface area (Å²) in [5.74, 6) is -2.05. The molecule has 0 spiro atoms. The highest BCUT2D eigenvalue weighted by atomic mass is 16.6. The second-order valence-corrected chi connectivity index (χ2v) is 10.6. The van der Waals surface area contributed by atoms with Crippen molar-refractivity contribution < 1.29 is 38.6 Å². The molecule has 2 fully saturated rings.